The van der Waals surface area contributed by atoms with E-state index in [9.17, 15) is 4.79 Å². The summed E-state index contributed by atoms with van der Waals surface area (Å²) in [5.74, 6) is 0. The summed E-state index contributed by atoms with van der Waals surface area (Å²) >= 11 is 0. The molecule has 1 N–H and O–H groups in total. The second kappa shape index (κ2) is 6.75. The van der Waals surface area contributed by atoms with Crippen molar-refractivity contribution < 1.29 is 4.79 Å². The van der Waals surface area contributed by atoms with Crippen LogP contribution in [0.2, 0.25) is 0 Å². The highest BCUT2D eigenvalue weighted by Gasteiger charge is 2.23. The first-order valence-corrected chi connectivity index (χ1v) is 7.31. The molecule has 0 unspecified atom stereocenters. The van der Waals surface area contributed by atoms with E-state index in [0.29, 0.717) is 12.6 Å². The molecule has 0 spiro atoms. The number of rotatable bonds is 3. The van der Waals surface area contributed by atoms with E-state index in [-0.39, 0.29) is 6.03 Å². The molecular weight excluding hydrogens is 250 g/mol. The standard InChI is InChI=1S/C16H25N3O/c1-13-5-4-6-14(11-13)12-17-16(20)19(3)15-7-9-18(2)10-8-15/h4-6,11,15H,7-10,12H2,1-3H3,(H,17,20). The van der Waals surface area contributed by atoms with Gasteiger partial charge in [0.2, 0.25) is 0 Å². The number of benzene rings is 1. The van der Waals surface area contributed by atoms with Crippen LogP contribution < -0.4 is 5.32 Å². The van der Waals surface area contributed by atoms with E-state index in [1.807, 2.05) is 24.1 Å². The van der Waals surface area contributed by atoms with Gasteiger partial charge in [-0.25, -0.2) is 4.79 Å². The van der Waals surface area contributed by atoms with Gasteiger partial charge in [0, 0.05) is 19.6 Å². The lowest BCUT2D eigenvalue weighted by atomic mass is 10.0. The fourth-order valence-corrected chi connectivity index (χ4v) is 2.67. The topological polar surface area (TPSA) is 35.6 Å². The van der Waals surface area contributed by atoms with Crippen molar-refractivity contribution in [3.8, 4) is 0 Å². The molecule has 1 fully saturated rings. The van der Waals surface area contributed by atoms with Gasteiger partial charge in [0.25, 0.3) is 0 Å². The zero-order valence-electron chi connectivity index (χ0n) is 12.7. The lowest BCUT2D eigenvalue weighted by Gasteiger charge is -2.35. The number of nitrogens with one attached hydrogen (secondary N) is 1. The molecule has 1 heterocycles. The van der Waals surface area contributed by atoms with Gasteiger partial charge in [-0.05, 0) is 45.5 Å². The molecule has 2 rings (SSSR count). The van der Waals surface area contributed by atoms with Gasteiger partial charge >= 0.3 is 6.03 Å². The van der Waals surface area contributed by atoms with E-state index in [1.54, 1.807) is 0 Å². The third kappa shape index (κ3) is 3.97. The van der Waals surface area contributed by atoms with E-state index in [4.69, 9.17) is 0 Å². The van der Waals surface area contributed by atoms with E-state index in [2.05, 4.69) is 36.3 Å². The van der Waals surface area contributed by atoms with E-state index >= 15 is 0 Å². The molecule has 1 aromatic rings. The summed E-state index contributed by atoms with van der Waals surface area (Å²) in [5, 5.41) is 3.01. The zero-order chi connectivity index (χ0) is 14.5. The van der Waals surface area contributed by atoms with E-state index in [1.165, 1.54) is 5.56 Å². The molecule has 1 aliphatic heterocycles. The van der Waals surface area contributed by atoms with Gasteiger partial charge in [0.15, 0.2) is 0 Å². The number of carbonyl (C=O) groups excluding carboxylic acids is 1. The van der Waals surface area contributed by atoms with Crippen LogP contribution in [0.15, 0.2) is 24.3 Å². The predicted molar refractivity (Wildman–Crippen MR) is 81.7 cm³/mol. The van der Waals surface area contributed by atoms with Crippen molar-refractivity contribution in [2.75, 3.05) is 27.2 Å². The van der Waals surface area contributed by atoms with Crippen molar-refractivity contribution in [1.82, 2.24) is 15.1 Å². The van der Waals surface area contributed by atoms with Crippen molar-refractivity contribution in [1.29, 1.82) is 0 Å². The van der Waals surface area contributed by atoms with Gasteiger partial charge in [-0.15, -0.1) is 0 Å². The fourth-order valence-electron chi connectivity index (χ4n) is 2.67. The van der Waals surface area contributed by atoms with Gasteiger partial charge in [-0.2, -0.15) is 0 Å². The number of amides is 2. The minimum atomic E-state index is 0.0288. The highest BCUT2D eigenvalue weighted by atomic mass is 16.2. The van der Waals surface area contributed by atoms with Crippen LogP contribution in [0.25, 0.3) is 0 Å². The summed E-state index contributed by atoms with van der Waals surface area (Å²) in [4.78, 5) is 16.4. The highest BCUT2D eigenvalue weighted by Crippen LogP contribution is 2.14. The van der Waals surface area contributed by atoms with Gasteiger partial charge in [0.05, 0.1) is 0 Å². The highest BCUT2D eigenvalue weighted by molar-refractivity contribution is 5.74. The predicted octanol–water partition coefficient (Wildman–Crippen LogP) is 2.23. The van der Waals surface area contributed by atoms with Crippen LogP contribution >= 0.6 is 0 Å². The molecule has 0 bridgehead atoms. The van der Waals surface area contributed by atoms with Crippen molar-refractivity contribution >= 4 is 6.03 Å². The maximum Gasteiger partial charge on any atom is 0.317 e. The molecule has 1 saturated heterocycles. The van der Waals surface area contributed by atoms with Crippen LogP contribution in [-0.2, 0) is 6.54 Å². The second-order valence-corrected chi connectivity index (χ2v) is 5.79. The average Bonchev–Trinajstić information content (AvgIpc) is 2.45. The third-order valence-electron chi connectivity index (χ3n) is 4.08. The van der Waals surface area contributed by atoms with E-state index < -0.39 is 0 Å². The van der Waals surface area contributed by atoms with Crippen molar-refractivity contribution in [3.05, 3.63) is 35.4 Å². The summed E-state index contributed by atoms with van der Waals surface area (Å²) in [6.07, 6.45) is 2.12. The summed E-state index contributed by atoms with van der Waals surface area (Å²) in [7, 11) is 4.04. The molecule has 4 heteroatoms. The summed E-state index contributed by atoms with van der Waals surface area (Å²) in [6.45, 7) is 4.80. The lowest BCUT2D eigenvalue weighted by Crippen LogP contribution is -2.47. The minimum Gasteiger partial charge on any atom is -0.334 e. The number of carbonyl (C=O) groups is 1. The number of nitrogens with zero attached hydrogens (tertiary/aromatic N) is 2. The Labute approximate surface area is 121 Å². The Hall–Kier alpha value is -1.55. The first-order valence-electron chi connectivity index (χ1n) is 7.31. The molecule has 1 aliphatic rings. The lowest BCUT2D eigenvalue weighted by molar-refractivity contribution is 0.147. The number of urea groups is 1. The number of hydrogen-bond acceptors (Lipinski definition) is 2. The van der Waals surface area contributed by atoms with Crippen molar-refractivity contribution in [3.63, 3.8) is 0 Å². The Balaban J connectivity index is 1.82. The minimum absolute atomic E-state index is 0.0288. The maximum absolute atomic E-state index is 12.2. The molecule has 20 heavy (non-hydrogen) atoms. The SMILES string of the molecule is Cc1cccc(CNC(=O)N(C)C2CCN(C)CC2)c1. The Morgan fingerprint density at radius 1 is 1.40 bits per heavy atom. The molecule has 110 valence electrons. The molecule has 1 aromatic carbocycles. The molecule has 0 aliphatic carbocycles. The summed E-state index contributed by atoms with van der Waals surface area (Å²) in [5.41, 5.74) is 2.37. The Morgan fingerprint density at radius 3 is 2.75 bits per heavy atom. The van der Waals surface area contributed by atoms with Crippen molar-refractivity contribution in [2.45, 2.75) is 32.4 Å². The van der Waals surface area contributed by atoms with Crippen molar-refractivity contribution in [2.24, 2.45) is 0 Å². The maximum atomic E-state index is 12.2. The number of hydrogen-bond donors (Lipinski definition) is 1. The molecule has 2 amide bonds. The largest absolute Gasteiger partial charge is 0.334 e. The second-order valence-electron chi connectivity index (χ2n) is 5.79. The molecular formula is C16H25N3O. The van der Waals surface area contributed by atoms with Crippen LogP contribution in [0.1, 0.15) is 24.0 Å². The molecule has 0 aromatic heterocycles. The van der Waals surface area contributed by atoms with Crippen LogP contribution in [0.4, 0.5) is 4.79 Å². The quantitative estimate of drug-likeness (QED) is 0.918. The molecule has 4 nitrogen and oxygen atoms in total. The molecule has 0 saturated carbocycles. The Bertz CT molecular complexity index is 453. The van der Waals surface area contributed by atoms with Gasteiger partial charge in [-0.1, -0.05) is 29.8 Å². The van der Waals surface area contributed by atoms with Crippen LogP contribution in [-0.4, -0.2) is 49.1 Å². The summed E-state index contributed by atoms with van der Waals surface area (Å²) in [6, 6.07) is 8.64. The number of likely N-dealkylation sites (tertiary alicyclic amines) is 1. The zero-order valence-corrected chi connectivity index (χ0v) is 12.7. The number of aryl methyl sites for hydroxylation is 1. The van der Waals surface area contributed by atoms with Crippen LogP contribution in [0, 0.1) is 6.92 Å². The summed E-state index contributed by atoms with van der Waals surface area (Å²) < 4.78 is 0. The van der Waals surface area contributed by atoms with E-state index in [0.717, 1.165) is 31.5 Å². The van der Waals surface area contributed by atoms with Gasteiger partial charge in [-0.3, -0.25) is 0 Å². The molecule has 0 atom stereocenters. The van der Waals surface area contributed by atoms with Crippen LogP contribution in [0.3, 0.4) is 0 Å². The van der Waals surface area contributed by atoms with Crippen LogP contribution in [0.5, 0.6) is 0 Å². The normalized spacial score (nSPS) is 16.9. The fraction of sp³-hybridized carbons (Fsp3) is 0.562. The first kappa shape index (κ1) is 14.9. The van der Waals surface area contributed by atoms with Gasteiger partial charge in [0.1, 0.15) is 0 Å². The number of piperidine rings is 1. The molecule has 0 radical (unpaired) electrons. The first-order chi connectivity index (χ1) is 9.56. The Kier molecular flexibility index (Phi) is 5.01. The third-order valence-corrected chi connectivity index (χ3v) is 4.08. The smallest absolute Gasteiger partial charge is 0.317 e. The van der Waals surface area contributed by atoms with Gasteiger partial charge < -0.3 is 15.1 Å². The average molecular weight is 275 g/mol. The Morgan fingerprint density at radius 2 is 2.10 bits per heavy atom. The monoisotopic (exact) mass is 275 g/mol.